The first kappa shape index (κ1) is 13.4. The van der Waals surface area contributed by atoms with Gasteiger partial charge in [-0.2, -0.15) is 0 Å². The average Bonchev–Trinajstić information content (AvgIpc) is 3.20. The van der Waals surface area contributed by atoms with Gasteiger partial charge in [0.25, 0.3) is 0 Å². The van der Waals surface area contributed by atoms with Crippen LogP contribution in [0, 0.1) is 5.92 Å². The first-order valence-corrected chi connectivity index (χ1v) is 6.59. The zero-order valence-corrected chi connectivity index (χ0v) is 11.4. The van der Waals surface area contributed by atoms with Gasteiger partial charge in [-0.3, -0.25) is 10.1 Å². The summed E-state index contributed by atoms with van der Waals surface area (Å²) in [6, 6.07) is 7.71. The van der Waals surface area contributed by atoms with Crippen LogP contribution in [0.15, 0.2) is 24.3 Å². The standard InChI is InChI=1S/C14H18ClNO2/c1-9(14(17)18-2)16-13(10-3-4-10)11-5-7-12(15)8-6-11/h5-10,13,16H,3-4H2,1-2H3. The number of ether oxygens (including phenoxy) is 1. The molecule has 0 heterocycles. The summed E-state index contributed by atoms with van der Waals surface area (Å²) < 4.78 is 4.75. The molecule has 0 aromatic heterocycles. The van der Waals surface area contributed by atoms with Gasteiger partial charge in [0, 0.05) is 11.1 Å². The number of hydrogen-bond acceptors (Lipinski definition) is 3. The Balaban J connectivity index is 2.09. The van der Waals surface area contributed by atoms with Crippen molar-refractivity contribution >= 4 is 17.6 Å². The van der Waals surface area contributed by atoms with Crippen molar-refractivity contribution < 1.29 is 9.53 Å². The van der Waals surface area contributed by atoms with Crippen LogP contribution in [0.2, 0.25) is 5.02 Å². The molecule has 1 aliphatic rings. The maximum Gasteiger partial charge on any atom is 0.322 e. The summed E-state index contributed by atoms with van der Waals surface area (Å²) in [7, 11) is 1.41. The quantitative estimate of drug-likeness (QED) is 0.834. The predicted octanol–water partition coefficient (Wildman–Crippen LogP) is 2.94. The predicted molar refractivity (Wildman–Crippen MR) is 71.5 cm³/mol. The molecule has 0 bridgehead atoms. The van der Waals surface area contributed by atoms with Crippen molar-refractivity contribution in [1.29, 1.82) is 0 Å². The Morgan fingerprint density at radius 2 is 2.00 bits per heavy atom. The molecule has 0 aliphatic heterocycles. The lowest BCUT2D eigenvalue weighted by Gasteiger charge is -2.22. The van der Waals surface area contributed by atoms with Crippen molar-refractivity contribution in [2.75, 3.05) is 7.11 Å². The third-order valence-corrected chi connectivity index (χ3v) is 3.56. The highest BCUT2D eigenvalue weighted by molar-refractivity contribution is 6.30. The molecule has 1 aliphatic carbocycles. The molecular formula is C14H18ClNO2. The van der Waals surface area contributed by atoms with E-state index in [1.165, 1.54) is 25.5 Å². The molecule has 0 spiro atoms. The van der Waals surface area contributed by atoms with Crippen molar-refractivity contribution in [2.24, 2.45) is 5.92 Å². The minimum absolute atomic E-state index is 0.205. The zero-order valence-electron chi connectivity index (χ0n) is 10.7. The Labute approximate surface area is 112 Å². The van der Waals surface area contributed by atoms with E-state index in [1.807, 2.05) is 31.2 Å². The summed E-state index contributed by atoms with van der Waals surface area (Å²) in [5.41, 5.74) is 1.18. The van der Waals surface area contributed by atoms with Crippen LogP contribution in [0.5, 0.6) is 0 Å². The molecule has 2 rings (SSSR count). The highest BCUT2D eigenvalue weighted by Gasteiger charge is 2.34. The van der Waals surface area contributed by atoms with E-state index < -0.39 is 0 Å². The lowest BCUT2D eigenvalue weighted by atomic mass is 10.0. The van der Waals surface area contributed by atoms with E-state index in [2.05, 4.69) is 5.32 Å². The number of methoxy groups -OCH3 is 1. The monoisotopic (exact) mass is 267 g/mol. The molecule has 1 aromatic rings. The average molecular weight is 268 g/mol. The molecule has 4 heteroatoms. The van der Waals surface area contributed by atoms with Gasteiger partial charge in [-0.25, -0.2) is 0 Å². The van der Waals surface area contributed by atoms with Crippen molar-refractivity contribution in [3.05, 3.63) is 34.9 Å². The Bertz CT molecular complexity index is 414. The second kappa shape index (κ2) is 5.72. The van der Waals surface area contributed by atoms with Gasteiger partial charge in [0.2, 0.25) is 0 Å². The smallest absolute Gasteiger partial charge is 0.322 e. The Kier molecular flexibility index (Phi) is 4.25. The summed E-state index contributed by atoms with van der Waals surface area (Å²) >= 11 is 5.90. The number of benzene rings is 1. The van der Waals surface area contributed by atoms with Crippen molar-refractivity contribution in [1.82, 2.24) is 5.32 Å². The zero-order chi connectivity index (χ0) is 13.1. The minimum atomic E-state index is -0.295. The molecule has 3 nitrogen and oxygen atoms in total. The van der Waals surface area contributed by atoms with Gasteiger partial charge < -0.3 is 4.74 Å². The molecule has 1 aromatic carbocycles. The summed E-state index contributed by atoms with van der Waals surface area (Å²) in [5, 5.41) is 4.08. The first-order valence-electron chi connectivity index (χ1n) is 6.21. The van der Waals surface area contributed by atoms with Crippen molar-refractivity contribution in [3.63, 3.8) is 0 Å². The summed E-state index contributed by atoms with van der Waals surface area (Å²) in [6.07, 6.45) is 2.41. The van der Waals surface area contributed by atoms with Gasteiger partial charge in [-0.15, -0.1) is 0 Å². The van der Waals surface area contributed by atoms with E-state index in [9.17, 15) is 4.79 Å². The fraction of sp³-hybridized carbons (Fsp3) is 0.500. The molecule has 2 atom stereocenters. The molecule has 0 saturated heterocycles. The number of esters is 1. The molecule has 1 fully saturated rings. The summed E-state index contributed by atoms with van der Waals surface area (Å²) in [6.45, 7) is 1.83. The van der Waals surface area contributed by atoms with E-state index in [-0.39, 0.29) is 18.1 Å². The van der Waals surface area contributed by atoms with Crippen LogP contribution in [0.3, 0.4) is 0 Å². The van der Waals surface area contributed by atoms with E-state index in [0.29, 0.717) is 5.92 Å². The second-order valence-electron chi connectivity index (χ2n) is 4.78. The van der Waals surface area contributed by atoms with Crippen molar-refractivity contribution in [2.45, 2.75) is 31.8 Å². The van der Waals surface area contributed by atoms with Gasteiger partial charge in [-0.1, -0.05) is 23.7 Å². The Morgan fingerprint density at radius 3 is 2.50 bits per heavy atom. The van der Waals surface area contributed by atoms with Crippen LogP contribution in [0.4, 0.5) is 0 Å². The van der Waals surface area contributed by atoms with E-state index in [0.717, 1.165) is 5.02 Å². The molecule has 18 heavy (non-hydrogen) atoms. The van der Waals surface area contributed by atoms with Crippen LogP contribution >= 0.6 is 11.6 Å². The van der Waals surface area contributed by atoms with Crippen LogP contribution in [0.1, 0.15) is 31.4 Å². The van der Waals surface area contributed by atoms with E-state index in [1.54, 1.807) is 0 Å². The Morgan fingerprint density at radius 1 is 1.39 bits per heavy atom. The number of hydrogen-bond donors (Lipinski definition) is 1. The number of nitrogens with one attached hydrogen (secondary N) is 1. The number of halogens is 1. The van der Waals surface area contributed by atoms with Gasteiger partial charge in [-0.05, 0) is 43.4 Å². The lowest BCUT2D eigenvalue weighted by Crippen LogP contribution is -2.38. The van der Waals surface area contributed by atoms with Gasteiger partial charge in [0.15, 0.2) is 0 Å². The highest BCUT2D eigenvalue weighted by atomic mass is 35.5. The molecule has 0 amide bonds. The van der Waals surface area contributed by atoms with E-state index in [4.69, 9.17) is 16.3 Å². The first-order chi connectivity index (χ1) is 8.61. The van der Waals surface area contributed by atoms with Crippen LogP contribution in [0.25, 0.3) is 0 Å². The molecule has 1 saturated carbocycles. The normalized spacial score (nSPS) is 18.2. The molecule has 2 unspecified atom stereocenters. The maximum absolute atomic E-state index is 11.5. The fourth-order valence-corrected chi connectivity index (χ4v) is 2.24. The lowest BCUT2D eigenvalue weighted by molar-refractivity contribution is -0.142. The van der Waals surface area contributed by atoms with Crippen LogP contribution in [-0.4, -0.2) is 19.1 Å². The summed E-state index contributed by atoms with van der Waals surface area (Å²) in [4.78, 5) is 11.5. The van der Waals surface area contributed by atoms with Gasteiger partial charge in [0.1, 0.15) is 6.04 Å². The third kappa shape index (κ3) is 3.24. The Hall–Kier alpha value is -1.06. The SMILES string of the molecule is COC(=O)C(C)NC(c1ccc(Cl)cc1)C1CC1. The van der Waals surface area contributed by atoms with Gasteiger partial charge in [0.05, 0.1) is 7.11 Å². The number of carbonyl (C=O) groups excluding carboxylic acids is 1. The molecule has 0 radical (unpaired) electrons. The van der Waals surface area contributed by atoms with Crippen LogP contribution < -0.4 is 5.32 Å². The largest absolute Gasteiger partial charge is 0.468 e. The van der Waals surface area contributed by atoms with Crippen molar-refractivity contribution in [3.8, 4) is 0 Å². The van der Waals surface area contributed by atoms with E-state index >= 15 is 0 Å². The second-order valence-corrected chi connectivity index (χ2v) is 5.21. The molecular weight excluding hydrogens is 250 g/mol. The molecule has 1 N–H and O–H groups in total. The maximum atomic E-state index is 11.5. The minimum Gasteiger partial charge on any atom is -0.468 e. The topological polar surface area (TPSA) is 38.3 Å². The fourth-order valence-electron chi connectivity index (χ4n) is 2.12. The number of rotatable bonds is 5. The highest BCUT2D eigenvalue weighted by Crippen LogP contribution is 2.41. The molecule has 98 valence electrons. The van der Waals surface area contributed by atoms with Gasteiger partial charge >= 0.3 is 5.97 Å². The third-order valence-electron chi connectivity index (χ3n) is 3.31. The number of carbonyl (C=O) groups is 1. The summed E-state index contributed by atoms with van der Waals surface area (Å²) in [5.74, 6) is 0.382. The van der Waals surface area contributed by atoms with Crippen LogP contribution in [-0.2, 0) is 9.53 Å².